The molecular weight excluding hydrogens is 206 g/mol. The van der Waals surface area contributed by atoms with E-state index in [0.29, 0.717) is 11.3 Å². The Bertz CT molecular complexity index is 382. The number of primary amides is 1. The van der Waals surface area contributed by atoms with Crippen molar-refractivity contribution in [2.75, 3.05) is 6.61 Å². The second-order valence-corrected chi connectivity index (χ2v) is 3.80. The van der Waals surface area contributed by atoms with Crippen LogP contribution in [0.2, 0.25) is 0 Å². The minimum Gasteiger partial charge on any atom is -0.486 e. The minimum atomic E-state index is -0.482. The van der Waals surface area contributed by atoms with Crippen LogP contribution in [0.25, 0.3) is 0 Å². The molecule has 0 radical (unpaired) electrons. The Labute approximate surface area is 94.4 Å². The highest BCUT2D eigenvalue weighted by atomic mass is 16.5. The van der Waals surface area contributed by atoms with Crippen molar-refractivity contribution >= 4 is 11.7 Å². The summed E-state index contributed by atoms with van der Waals surface area (Å²) in [5, 5.41) is 0. The molecule has 0 unspecified atom stereocenters. The topological polar surface area (TPSA) is 69.4 Å². The third kappa shape index (κ3) is 3.38. The summed E-state index contributed by atoms with van der Waals surface area (Å²) in [6.07, 6.45) is 0. The van der Waals surface area contributed by atoms with E-state index in [1.165, 1.54) is 0 Å². The summed E-state index contributed by atoms with van der Waals surface area (Å²) in [6, 6.07) is 6.37. The van der Waals surface area contributed by atoms with Gasteiger partial charge in [-0.2, -0.15) is 0 Å². The molecular formula is C12H15NO3. The van der Waals surface area contributed by atoms with Gasteiger partial charge in [0, 0.05) is 11.5 Å². The van der Waals surface area contributed by atoms with E-state index >= 15 is 0 Å². The van der Waals surface area contributed by atoms with Gasteiger partial charge in [0.05, 0.1) is 0 Å². The summed E-state index contributed by atoms with van der Waals surface area (Å²) in [6.45, 7) is 3.69. The van der Waals surface area contributed by atoms with E-state index in [0.717, 1.165) is 0 Å². The molecule has 0 bridgehead atoms. The van der Waals surface area contributed by atoms with Gasteiger partial charge in [-0.3, -0.25) is 9.59 Å². The highest BCUT2D eigenvalue weighted by molar-refractivity contribution is 5.92. The summed E-state index contributed by atoms with van der Waals surface area (Å²) in [5.74, 6) is 0.0766. The van der Waals surface area contributed by atoms with Crippen LogP contribution >= 0.6 is 0 Å². The number of ether oxygens (including phenoxy) is 1. The Hall–Kier alpha value is -1.84. The van der Waals surface area contributed by atoms with Gasteiger partial charge in [0.25, 0.3) is 0 Å². The van der Waals surface area contributed by atoms with Crippen molar-refractivity contribution < 1.29 is 14.3 Å². The smallest absolute Gasteiger partial charge is 0.248 e. The largest absolute Gasteiger partial charge is 0.486 e. The van der Waals surface area contributed by atoms with Crippen LogP contribution in [0.15, 0.2) is 24.3 Å². The standard InChI is InChI=1S/C12H15NO3/c1-8(2)11(14)7-16-10-5-3-9(4-6-10)12(13)15/h3-6,8H,7H2,1-2H3,(H2,13,15). The van der Waals surface area contributed by atoms with E-state index in [2.05, 4.69) is 0 Å². The zero-order valence-electron chi connectivity index (χ0n) is 9.40. The fourth-order valence-corrected chi connectivity index (χ4v) is 1.04. The van der Waals surface area contributed by atoms with Gasteiger partial charge < -0.3 is 10.5 Å². The zero-order chi connectivity index (χ0) is 12.1. The van der Waals surface area contributed by atoms with Gasteiger partial charge in [0.1, 0.15) is 12.4 Å². The van der Waals surface area contributed by atoms with Crippen molar-refractivity contribution in [2.45, 2.75) is 13.8 Å². The summed E-state index contributed by atoms with van der Waals surface area (Å²) < 4.78 is 5.26. The maximum atomic E-state index is 11.3. The van der Waals surface area contributed by atoms with Crippen LogP contribution in [0.4, 0.5) is 0 Å². The predicted molar refractivity (Wildman–Crippen MR) is 60.3 cm³/mol. The molecule has 16 heavy (non-hydrogen) atoms. The molecule has 0 aliphatic rings. The van der Waals surface area contributed by atoms with E-state index in [-0.39, 0.29) is 18.3 Å². The molecule has 0 aliphatic heterocycles. The fraction of sp³-hybridized carbons (Fsp3) is 0.333. The van der Waals surface area contributed by atoms with Gasteiger partial charge in [0.2, 0.25) is 5.91 Å². The first-order valence-corrected chi connectivity index (χ1v) is 5.06. The van der Waals surface area contributed by atoms with E-state index in [4.69, 9.17) is 10.5 Å². The SMILES string of the molecule is CC(C)C(=O)COc1ccc(C(N)=O)cc1. The first-order chi connectivity index (χ1) is 7.50. The Balaban J connectivity index is 2.56. The van der Waals surface area contributed by atoms with Crippen molar-refractivity contribution in [3.05, 3.63) is 29.8 Å². The van der Waals surface area contributed by atoms with Crippen molar-refractivity contribution in [3.63, 3.8) is 0 Å². The number of carbonyl (C=O) groups is 2. The number of hydrogen-bond donors (Lipinski definition) is 1. The molecule has 2 N–H and O–H groups in total. The molecule has 0 atom stereocenters. The van der Waals surface area contributed by atoms with Crippen molar-refractivity contribution in [3.8, 4) is 5.75 Å². The molecule has 0 saturated heterocycles. The minimum absolute atomic E-state index is 0.0371. The Kier molecular flexibility index (Phi) is 4.05. The molecule has 1 aromatic carbocycles. The molecule has 1 rings (SSSR count). The van der Waals surface area contributed by atoms with E-state index in [9.17, 15) is 9.59 Å². The van der Waals surface area contributed by atoms with Crippen LogP contribution in [0.5, 0.6) is 5.75 Å². The van der Waals surface area contributed by atoms with Crippen molar-refractivity contribution in [2.24, 2.45) is 11.7 Å². The third-order valence-electron chi connectivity index (χ3n) is 2.16. The lowest BCUT2D eigenvalue weighted by atomic mass is 10.1. The van der Waals surface area contributed by atoms with Crippen LogP contribution < -0.4 is 10.5 Å². The summed E-state index contributed by atoms with van der Waals surface area (Å²) >= 11 is 0. The molecule has 0 fully saturated rings. The maximum Gasteiger partial charge on any atom is 0.248 e. The number of carbonyl (C=O) groups excluding carboxylic acids is 2. The first kappa shape index (κ1) is 12.2. The summed E-state index contributed by atoms with van der Waals surface area (Å²) in [4.78, 5) is 22.1. The average Bonchev–Trinajstić information content (AvgIpc) is 2.26. The molecule has 1 aromatic rings. The number of rotatable bonds is 5. The lowest BCUT2D eigenvalue weighted by molar-refractivity contribution is -0.123. The van der Waals surface area contributed by atoms with Crippen LogP contribution in [-0.4, -0.2) is 18.3 Å². The molecule has 4 nitrogen and oxygen atoms in total. The first-order valence-electron chi connectivity index (χ1n) is 5.06. The van der Waals surface area contributed by atoms with E-state index in [1.807, 2.05) is 13.8 Å². The average molecular weight is 221 g/mol. The zero-order valence-corrected chi connectivity index (χ0v) is 9.40. The lowest BCUT2D eigenvalue weighted by Gasteiger charge is -2.07. The predicted octanol–water partition coefficient (Wildman–Crippen LogP) is 1.39. The molecule has 0 aromatic heterocycles. The van der Waals surface area contributed by atoms with Crippen molar-refractivity contribution in [1.29, 1.82) is 0 Å². The van der Waals surface area contributed by atoms with E-state index in [1.54, 1.807) is 24.3 Å². The van der Waals surface area contributed by atoms with Crippen molar-refractivity contribution in [1.82, 2.24) is 0 Å². The lowest BCUT2D eigenvalue weighted by Crippen LogP contribution is -2.17. The van der Waals surface area contributed by atoms with Gasteiger partial charge in [-0.15, -0.1) is 0 Å². The quantitative estimate of drug-likeness (QED) is 0.816. The normalized spacial score (nSPS) is 10.2. The molecule has 1 amide bonds. The Morgan fingerprint density at radius 2 is 1.81 bits per heavy atom. The molecule has 0 heterocycles. The highest BCUT2D eigenvalue weighted by Crippen LogP contribution is 2.12. The second-order valence-electron chi connectivity index (χ2n) is 3.80. The Morgan fingerprint density at radius 1 is 1.25 bits per heavy atom. The number of nitrogens with two attached hydrogens (primary N) is 1. The molecule has 0 saturated carbocycles. The molecule has 4 heteroatoms. The van der Waals surface area contributed by atoms with Crippen LogP contribution in [0.3, 0.4) is 0 Å². The van der Waals surface area contributed by atoms with Crippen LogP contribution in [0, 0.1) is 5.92 Å². The van der Waals surface area contributed by atoms with Gasteiger partial charge in [0.15, 0.2) is 5.78 Å². The fourth-order valence-electron chi connectivity index (χ4n) is 1.04. The van der Waals surface area contributed by atoms with Gasteiger partial charge >= 0.3 is 0 Å². The number of amides is 1. The maximum absolute atomic E-state index is 11.3. The number of benzene rings is 1. The number of hydrogen-bond acceptors (Lipinski definition) is 3. The summed E-state index contributed by atoms with van der Waals surface area (Å²) in [5.41, 5.74) is 5.51. The van der Waals surface area contributed by atoms with Crippen LogP contribution in [0.1, 0.15) is 24.2 Å². The van der Waals surface area contributed by atoms with Gasteiger partial charge in [-0.1, -0.05) is 13.8 Å². The molecule has 0 spiro atoms. The number of ketones is 1. The van der Waals surface area contributed by atoms with Crippen LogP contribution in [-0.2, 0) is 4.79 Å². The second kappa shape index (κ2) is 5.30. The van der Waals surface area contributed by atoms with E-state index < -0.39 is 5.91 Å². The third-order valence-corrected chi connectivity index (χ3v) is 2.16. The molecule has 0 aliphatic carbocycles. The molecule has 86 valence electrons. The Morgan fingerprint density at radius 3 is 2.25 bits per heavy atom. The van der Waals surface area contributed by atoms with Gasteiger partial charge in [-0.05, 0) is 24.3 Å². The van der Waals surface area contributed by atoms with Gasteiger partial charge in [-0.25, -0.2) is 0 Å². The summed E-state index contributed by atoms with van der Waals surface area (Å²) in [7, 11) is 0. The number of Topliss-reactive ketones (excluding diaryl/α,β-unsaturated/α-hetero) is 1. The monoisotopic (exact) mass is 221 g/mol. The highest BCUT2D eigenvalue weighted by Gasteiger charge is 2.08.